The predicted octanol–water partition coefficient (Wildman–Crippen LogP) is 7.13. The third-order valence-corrected chi connectivity index (χ3v) is 16.8. The summed E-state index contributed by atoms with van der Waals surface area (Å²) in [7, 11) is 1.63. The van der Waals surface area contributed by atoms with E-state index in [0.29, 0.717) is 11.8 Å². The molecule has 4 aromatic rings. The van der Waals surface area contributed by atoms with Crippen LogP contribution in [0.5, 0.6) is 0 Å². The van der Waals surface area contributed by atoms with Gasteiger partial charge in [0.25, 0.3) is 0 Å². The van der Waals surface area contributed by atoms with Crippen LogP contribution >= 0.6 is 0 Å². The summed E-state index contributed by atoms with van der Waals surface area (Å²) in [4.78, 5) is 53.7. The Balaban J connectivity index is 0.993. The maximum Gasteiger partial charge on any atom is 0.327 e. The van der Waals surface area contributed by atoms with Crippen molar-refractivity contribution in [3.05, 3.63) is 149 Å². The Morgan fingerprint density at radius 1 is 0.853 bits per heavy atom. The summed E-state index contributed by atoms with van der Waals surface area (Å²) in [6.45, 7) is 7.00. The van der Waals surface area contributed by atoms with E-state index in [2.05, 4.69) is 44.3 Å². The van der Waals surface area contributed by atoms with Gasteiger partial charge in [0.05, 0.1) is 24.9 Å². The molecule has 0 radical (unpaired) electrons. The summed E-state index contributed by atoms with van der Waals surface area (Å²) in [6, 6.07) is 35.0. The van der Waals surface area contributed by atoms with E-state index in [1.807, 2.05) is 103 Å². The third kappa shape index (κ3) is 7.54. The van der Waals surface area contributed by atoms with Crippen LogP contribution in [0.25, 0.3) is 6.08 Å². The standard InChI is InChI=1S/C56H63N3O9/c1-53(2)32-41-37(24-25-45-54(3,65-45)27-26-42(41)53)31-36-18-14-15-19-38(36)34-59-48-51(62)64-44-33-55(48,52(63)58(4)43(50(61)57-28-29-60)30-35-16-8-5-9-17-35)49(68-59)47-46(44)66-56(67-47,39-20-10-6-11-21-39)40-22-12-7-13-23-40/h5-23,31,41-49,60H,24-30,32-34H2,1-4H3,(H,57,61)/t41-,42-,43-,44-,45?,46+,47+,48+,49-,54-,55+/m1/s1. The SMILES string of the molecule is CN(C(=O)[C@@]12C[C@H]3OC(=O)[C@@H]1N(Cc1ccccc1C=C1CCC4O[C@]4(C)CC[C@@H]4[C@@H]1CC4(C)C)O[C@@H]2[C@H]1OC(c2ccccc2)(c2ccccc2)O[C@H]13)[C@H](Cc1ccccc1)C(=O)NCCO. The van der Waals surface area contributed by atoms with Crippen molar-refractivity contribution in [1.82, 2.24) is 15.3 Å². The van der Waals surface area contributed by atoms with Crippen LogP contribution < -0.4 is 5.32 Å². The van der Waals surface area contributed by atoms with Gasteiger partial charge >= 0.3 is 5.97 Å². The number of epoxide rings is 1. The Kier molecular flexibility index (Phi) is 11.5. The van der Waals surface area contributed by atoms with Gasteiger partial charge in [-0.1, -0.05) is 141 Å². The summed E-state index contributed by atoms with van der Waals surface area (Å²) < 4.78 is 27.1. The highest BCUT2D eigenvalue weighted by Crippen LogP contribution is 2.62. The normalized spacial score (nSPS) is 33.8. The van der Waals surface area contributed by atoms with Gasteiger partial charge in [-0.25, -0.2) is 0 Å². The monoisotopic (exact) mass is 921 g/mol. The molecule has 0 spiro atoms. The zero-order valence-corrected chi connectivity index (χ0v) is 39.4. The minimum Gasteiger partial charge on any atom is -0.458 e. The Labute approximate surface area is 398 Å². The van der Waals surface area contributed by atoms with E-state index >= 15 is 4.79 Å². The van der Waals surface area contributed by atoms with E-state index in [9.17, 15) is 14.7 Å². The molecule has 11 atom stereocenters. The van der Waals surface area contributed by atoms with E-state index < -0.39 is 65.5 Å². The van der Waals surface area contributed by atoms with Crippen molar-refractivity contribution in [2.75, 3.05) is 20.2 Å². The smallest absolute Gasteiger partial charge is 0.327 e. The minimum absolute atomic E-state index is 0.0201. The maximum absolute atomic E-state index is 16.0. The van der Waals surface area contributed by atoms with Crippen molar-refractivity contribution in [2.24, 2.45) is 22.7 Å². The molecule has 3 saturated carbocycles. The summed E-state index contributed by atoms with van der Waals surface area (Å²) >= 11 is 0. The average Bonchev–Trinajstić information content (AvgIpc) is 3.62. The second-order valence-corrected chi connectivity index (χ2v) is 21.2. The molecule has 12 heteroatoms. The quantitative estimate of drug-likeness (QED) is 0.112. The van der Waals surface area contributed by atoms with Gasteiger partial charge in [-0.2, -0.15) is 5.06 Å². The third-order valence-electron chi connectivity index (χ3n) is 16.8. The van der Waals surface area contributed by atoms with Crippen LogP contribution in [0.4, 0.5) is 0 Å². The number of amides is 2. The Hall–Kier alpha value is -5.21. The number of carbonyl (C=O) groups is 3. The molecule has 2 bridgehead atoms. The van der Waals surface area contributed by atoms with Crippen molar-refractivity contribution in [1.29, 1.82) is 0 Å². The molecule has 11 rings (SSSR count). The van der Waals surface area contributed by atoms with Crippen molar-refractivity contribution in [3.8, 4) is 0 Å². The molecule has 2 N–H and O–H groups in total. The molecule has 4 heterocycles. The van der Waals surface area contributed by atoms with E-state index in [-0.39, 0.29) is 49.7 Å². The van der Waals surface area contributed by atoms with Crippen LogP contribution in [0, 0.1) is 22.7 Å². The highest BCUT2D eigenvalue weighted by molar-refractivity contribution is 5.96. The van der Waals surface area contributed by atoms with Crippen LogP contribution in [-0.4, -0.2) is 101 Å². The predicted molar refractivity (Wildman–Crippen MR) is 253 cm³/mol. The number of aliphatic hydroxyl groups excluding tert-OH is 1. The van der Waals surface area contributed by atoms with Crippen molar-refractivity contribution in [2.45, 2.75) is 126 Å². The lowest BCUT2D eigenvalue weighted by molar-refractivity contribution is -0.214. The molecule has 4 aliphatic heterocycles. The van der Waals surface area contributed by atoms with Crippen molar-refractivity contribution >= 4 is 23.9 Å². The van der Waals surface area contributed by atoms with E-state index in [0.717, 1.165) is 59.9 Å². The number of carbonyl (C=O) groups excluding carboxylic acids is 3. The van der Waals surface area contributed by atoms with Crippen molar-refractivity contribution in [3.63, 3.8) is 0 Å². The van der Waals surface area contributed by atoms with Crippen LogP contribution in [0.3, 0.4) is 0 Å². The molecule has 4 saturated heterocycles. The molecule has 4 aromatic carbocycles. The molecule has 12 nitrogen and oxygen atoms in total. The number of allylic oxidation sites excluding steroid dienone is 1. The second-order valence-electron chi connectivity index (χ2n) is 21.2. The highest BCUT2D eigenvalue weighted by Gasteiger charge is 2.77. The average molecular weight is 922 g/mol. The van der Waals surface area contributed by atoms with Gasteiger partial charge in [0, 0.05) is 37.6 Å². The molecule has 68 heavy (non-hydrogen) atoms. The van der Waals surface area contributed by atoms with Crippen LogP contribution in [0.1, 0.15) is 87.1 Å². The van der Waals surface area contributed by atoms with Gasteiger partial charge in [0.1, 0.15) is 35.9 Å². The van der Waals surface area contributed by atoms with Gasteiger partial charge in [-0.3, -0.25) is 19.2 Å². The zero-order valence-electron chi connectivity index (χ0n) is 39.4. The van der Waals surface area contributed by atoms with Gasteiger partial charge in [-0.05, 0) is 73.0 Å². The number of hydrogen-bond donors (Lipinski definition) is 2. The first kappa shape index (κ1) is 45.2. The van der Waals surface area contributed by atoms with E-state index in [1.165, 1.54) is 10.5 Å². The molecular formula is C56H63N3O9. The summed E-state index contributed by atoms with van der Waals surface area (Å²) in [5.41, 5.74) is 4.44. The molecule has 7 fully saturated rings. The molecule has 1 unspecified atom stereocenters. The Bertz CT molecular complexity index is 2530. The van der Waals surface area contributed by atoms with Crippen LogP contribution in [0.15, 0.2) is 121 Å². The van der Waals surface area contributed by atoms with Gasteiger partial charge in [0.15, 0.2) is 6.04 Å². The summed E-state index contributed by atoms with van der Waals surface area (Å²) in [5, 5.41) is 14.2. The Morgan fingerprint density at radius 2 is 1.51 bits per heavy atom. The lowest BCUT2D eigenvalue weighted by atomic mass is 9.52. The number of fused-ring (bicyclic) bond motifs is 6. The molecule has 356 valence electrons. The number of hydrogen-bond acceptors (Lipinski definition) is 10. The summed E-state index contributed by atoms with van der Waals surface area (Å²) in [5.74, 6) is -1.81. The largest absolute Gasteiger partial charge is 0.458 e. The maximum atomic E-state index is 16.0. The minimum atomic E-state index is -1.55. The molecule has 3 aliphatic carbocycles. The number of nitrogens with zero attached hydrogens (tertiary/aromatic N) is 2. The number of likely N-dealkylation sites (N-methyl/N-ethyl adjacent to an activating group) is 1. The zero-order chi connectivity index (χ0) is 47.0. The fraction of sp³-hybridized carbons (Fsp3) is 0.482. The molecule has 7 aliphatic rings. The van der Waals surface area contributed by atoms with Crippen LogP contribution in [0.2, 0.25) is 0 Å². The van der Waals surface area contributed by atoms with Crippen LogP contribution in [-0.2, 0) is 56.9 Å². The molecule has 0 aromatic heterocycles. The number of rotatable bonds is 12. The van der Waals surface area contributed by atoms with Gasteiger partial charge in [0.2, 0.25) is 17.6 Å². The highest BCUT2D eigenvalue weighted by atomic mass is 16.8. The number of ether oxygens (including phenoxy) is 4. The first-order chi connectivity index (χ1) is 32.8. The first-order valence-corrected chi connectivity index (χ1v) is 24.6. The van der Waals surface area contributed by atoms with E-state index in [4.69, 9.17) is 23.8 Å². The number of aliphatic hydroxyl groups is 1. The molecular weight excluding hydrogens is 859 g/mol. The lowest BCUT2D eigenvalue weighted by Gasteiger charge is -2.53. The Morgan fingerprint density at radius 3 is 2.21 bits per heavy atom. The fourth-order valence-corrected chi connectivity index (χ4v) is 13.1. The summed E-state index contributed by atoms with van der Waals surface area (Å²) in [6.07, 6.45) is 4.66. The number of hydroxylamine groups is 2. The van der Waals surface area contributed by atoms with E-state index in [1.54, 1.807) is 12.1 Å². The first-order valence-electron chi connectivity index (χ1n) is 24.6. The van der Waals surface area contributed by atoms with Gasteiger partial charge < -0.3 is 34.3 Å². The van der Waals surface area contributed by atoms with Crippen molar-refractivity contribution < 1.29 is 43.3 Å². The number of benzene rings is 4. The molecule has 2 amide bonds. The second kappa shape index (κ2) is 17.3. The number of nitrogens with one attached hydrogen (secondary N) is 1. The lowest BCUT2D eigenvalue weighted by Crippen LogP contribution is -2.70. The van der Waals surface area contributed by atoms with Gasteiger partial charge in [-0.15, -0.1) is 0 Å². The fourth-order valence-electron chi connectivity index (χ4n) is 13.1. The topological polar surface area (TPSA) is 139 Å². The number of esters is 1.